The lowest BCUT2D eigenvalue weighted by Crippen LogP contribution is -2.12. The van der Waals surface area contributed by atoms with Crippen LogP contribution in [0.25, 0.3) is 11.2 Å². The van der Waals surface area contributed by atoms with Gasteiger partial charge < -0.3 is 4.57 Å². The van der Waals surface area contributed by atoms with Gasteiger partial charge in [0.2, 0.25) is 5.82 Å². The van der Waals surface area contributed by atoms with Gasteiger partial charge in [0, 0.05) is 13.2 Å². The molecule has 0 radical (unpaired) electrons. The summed E-state index contributed by atoms with van der Waals surface area (Å²) >= 11 is 0. The fraction of sp³-hybridized carbons (Fsp3) is 0.250. The third-order valence-corrected chi connectivity index (χ3v) is 1.91. The first-order valence-corrected chi connectivity index (χ1v) is 3.85. The third kappa shape index (κ3) is 1.23. The molecule has 0 amide bonds. The van der Waals surface area contributed by atoms with Crippen molar-refractivity contribution < 1.29 is 13.2 Å². The monoisotopic (exact) mass is 201 g/mol. The predicted octanol–water partition coefficient (Wildman–Crippen LogP) is 1.99. The molecule has 0 spiro atoms. The highest BCUT2D eigenvalue weighted by atomic mass is 19.4. The van der Waals surface area contributed by atoms with E-state index >= 15 is 0 Å². The van der Waals surface area contributed by atoms with Crippen LogP contribution < -0.4 is 0 Å². The number of aryl methyl sites for hydroxylation is 1. The highest BCUT2D eigenvalue weighted by Crippen LogP contribution is 2.29. The van der Waals surface area contributed by atoms with Crippen molar-refractivity contribution >= 4 is 11.2 Å². The number of imidazole rings is 1. The van der Waals surface area contributed by atoms with E-state index in [0.29, 0.717) is 5.52 Å². The minimum Gasteiger partial charge on any atom is -0.322 e. The normalized spacial score (nSPS) is 12.3. The van der Waals surface area contributed by atoms with E-state index in [4.69, 9.17) is 0 Å². The topological polar surface area (TPSA) is 30.7 Å². The minimum absolute atomic E-state index is 0.113. The number of alkyl halides is 3. The highest BCUT2D eigenvalue weighted by Gasteiger charge is 2.36. The molecule has 0 bridgehead atoms. The maximum absolute atomic E-state index is 12.4. The maximum atomic E-state index is 12.4. The number of hydrogen-bond donors (Lipinski definition) is 0. The number of aromatic nitrogens is 3. The SMILES string of the molecule is Cn1c(C(F)(F)F)nc2ncccc21. The summed E-state index contributed by atoms with van der Waals surface area (Å²) in [5.41, 5.74) is 0.488. The van der Waals surface area contributed by atoms with Gasteiger partial charge in [0.05, 0.1) is 5.52 Å². The number of nitrogens with zero attached hydrogens (tertiary/aromatic N) is 3. The molecule has 0 fully saturated rings. The molecule has 2 rings (SSSR count). The van der Waals surface area contributed by atoms with Gasteiger partial charge in [-0.15, -0.1) is 0 Å². The van der Waals surface area contributed by atoms with Crippen LogP contribution in [0.1, 0.15) is 5.82 Å². The fourth-order valence-electron chi connectivity index (χ4n) is 1.28. The standard InChI is InChI=1S/C8H6F3N3/c1-14-5-3-2-4-12-6(5)13-7(14)8(9,10)11/h2-4H,1H3. The second-order valence-corrected chi connectivity index (χ2v) is 2.84. The molecule has 74 valence electrons. The van der Waals surface area contributed by atoms with E-state index in [1.54, 1.807) is 12.1 Å². The van der Waals surface area contributed by atoms with Crippen LogP contribution in [0.2, 0.25) is 0 Å². The van der Waals surface area contributed by atoms with Gasteiger partial charge in [0.15, 0.2) is 5.65 Å². The summed E-state index contributed by atoms with van der Waals surface area (Å²) in [5.74, 6) is -0.925. The molecule has 3 nitrogen and oxygen atoms in total. The molecule has 14 heavy (non-hydrogen) atoms. The van der Waals surface area contributed by atoms with E-state index in [9.17, 15) is 13.2 Å². The summed E-state index contributed by atoms with van der Waals surface area (Å²) < 4.78 is 38.1. The Bertz CT molecular complexity index is 472. The van der Waals surface area contributed by atoms with Gasteiger partial charge in [-0.25, -0.2) is 9.97 Å². The lowest BCUT2D eigenvalue weighted by atomic mass is 10.4. The Labute approximate surface area is 77.2 Å². The minimum atomic E-state index is -4.44. The lowest BCUT2D eigenvalue weighted by molar-refractivity contribution is -0.146. The third-order valence-electron chi connectivity index (χ3n) is 1.91. The van der Waals surface area contributed by atoms with Gasteiger partial charge in [0.1, 0.15) is 0 Å². The first-order chi connectivity index (χ1) is 6.50. The molecule has 2 aromatic heterocycles. The molecular formula is C8H6F3N3. The zero-order chi connectivity index (χ0) is 10.3. The van der Waals surface area contributed by atoms with E-state index in [0.717, 1.165) is 4.57 Å². The first-order valence-electron chi connectivity index (χ1n) is 3.85. The van der Waals surface area contributed by atoms with Crippen LogP contribution in [0.5, 0.6) is 0 Å². The molecular weight excluding hydrogens is 195 g/mol. The van der Waals surface area contributed by atoms with Crippen LogP contribution in [0.3, 0.4) is 0 Å². The van der Waals surface area contributed by atoms with Crippen molar-refractivity contribution in [3.8, 4) is 0 Å². The number of hydrogen-bond acceptors (Lipinski definition) is 2. The highest BCUT2D eigenvalue weighted by molar-refractivity contribution is 5.71. The average Bonchev–Trinajstić information content (AvgIpc) is 2.44. The van der Waals surface area contributed by atoms with Crippen LogP contribution in [0, 0.1) is 0 Å². The molecule has 0 saturated heterocycles. The van der Waals surface area contributed by atoms with Crippen LogP contribution in [0.4, 0.5) is 13.2 Å². The average molecular weight is 201 g/mol. The van der Waals surface area contributed by atoms with Gasteiger partial charge in [-0.2, -0.15) is 13.2 Å². The molecule has 0 atom stereocenters. The van der Waals surface area contributed by atoms with E-state index in [1.165, 1.54) is 13.2 Å². The fourth-order valence-corrected chi connectivity index (χ4v) is 1.28. The van der Waals surface area contributed by atoms with Crippen LogP contribution in [0.15, 0.2) is 18.3 Å². The maximum Gasteiger partial charge on any atom is 0.449 e. The number of rotatable bonds is 0. The molecule has 2 heterocycles. The van der Waals surface area contributed by atoms with Crippen molar-refractivity contribution in [3.05, 3.63) is 24.2 Å². The first kappa shape index (κ1) is 8.98. The van der Waals surface area contributed by atoms with E-state index in [-0.39, 0.29) is 5.65 Å². The summed E-state index contributed by atoms with van der Waals surface area (Å²) in [6.45, 7) is 0. The van der Waals surface area contributed by atoms with Gasteiger partial charge in [-0.3, -0.25) is 0 Å². The second kappa shape index (κ2) is 2.70. The summed E-state index contributed by atoms with van der Waals surface area (Å²) in [6.07, 6.45) is -3.02. The van der Waals surface area contributed by atoms with Gasteiger partial charge >= 0.3 is 6.18 Å². The van der Waals surface area contributed by atoms with E-state index in [1.807, 2.05) is 0 Å². The molecule has 0 saturated carbocycles. The Morgan fingerprint density at radius 1 is 1.36 bits per heavy atom. The Morgan fingerprint density at radius 2 is 2.07 bits per heavy atom. The molecule has 0 unspecified atom stereocenters. The Kier molecular flexibility index (Phi) is 1.73. The molecule has 0 aromatic carbocycles. The zero-order valence-electron chi connectivity index (χ0n) is 7.21. The van der Waals surface area contributed by atoms with Crippen molar-refractivity contribution in [2.24, 2.45) is 7.05 Å². The Balaban J connectivity index is 2.75. The van der Waals surface area contributed by atoms with Crippen molar-refractivity contribution in [2.45, 2.75) is 6.18 Å². The molecule has 0 aliphatic carbocycles. The summed E-state index contributed by atoms with van der Waals surface area (Å²) in [4.78, 5) is 7.15. The van der Waals surface area contributed by atoms with Gasteiger partial charge in [-0.05, 0) is 12.1 Å². The summed E-state index contributed by atoms with van der Waals surface area (Å²) in [6, 6.07) is 3.12. The Hall–Kier alpha value is -1.59. The van der Waals surface area contributed by atoms with Crippen molar-refractivity contribution in [1.29, 1.82) is 0 Å². The van der Waals surface area contributed by atoms with Crippen LogP contribution in [-0.4, -0.2) is 14.5 Å². The van der Waals surface area contributed by atoms with E-state index in [2.05, 4.69) is 9.97 Å². The van der Waals surface area contributed by atoms with Crippen molar-refractivity contribution in [2.75, 3.05) is 0 Å². The molecule has 0 aliphatic heterocycles. The smallest absolute Gasteiger partial charge is 0.322 e. The summed E-state index contributed by atoms with van der Waals surface area (Å²) in [5, 5.41) is 0. The quantitative estimate of drug-likeness (QED) is 0.652. The van der Waals surface area contributed by atoms with Crippen molar-refractivity contribution in [1.82, 2.24) is 14.5 Å². The number of pyridine rings is 1. The Morgan fingerprint density at radius 3 is 2.64 bits per heavy atom. The van der Waals surface area contributed by atoms with E-state index < -0.39 is 12.0 Å². The number of halogens is 3. The number of fused-ring (bicyclic) bond motifs is 1. The molecule has 2 aromatic rings. The largest absolute Gasteiger partial charge is 0.449 e. The van der Waals surface area contributed by atoms with Gasteiger partial charge in [0.25, 0.3) is 0 Å². The van der Waals surface area contributed by atoms with Crippen LogP contribution >= 0.6 is 0 Å². The summed E-state index contributed by atoms with van der Waals surface area (Å²) in [7, 11) is 1.32. The lowest BCUT2D eigenvalue weighted by Gasteiger charge is -2.04. The molecule has 6 heteroatoms. The van der Waals surface area contributed by atoms with Crippen LogP contribution in [-0.2, 0) is 13.2 Å². The molecule has 0 aliphatic rings. The van der Waals surface area contributed by atoms with Gasteiger partial charge in [-0.1, -0.05) is 0 Å². The molecule has 0 N–H and O–H groups in total. The zero-order valence-corrected chi connectivity index (χ0v) is 7.21. The second-order valence-electron chi connectivity index (χ2n) is 2.84. The predicted molar refractivity (Wildman–Crippen MR) is 43.5 cm³/mol. The van der Waals surface area contributed by atoms with Crippen molar-refractivity contribution in [3.63, 3.8) is 0 Å².